The van der Waals surface area contributed by atoms with Crippen molar-refractivity contribution in [3.8, 4) is 11.1 Å². The maximum Gasteiger partial charge on any atom is 0.407 e. The van der Waals surface area contributed by atoms with Crippen LogP contribution >= 0.6 is 0 Å². The van der Waals surface area contributed by atoms with Crippen molar-refractivity contribution in [2.24, 2.45) is 0 Å². The Kier molecular flexibility index (Phi) is 6.57. The van der Waals surface area contributed by atoms with Crippen LogP contribution in [0.3, 0.4) is 0 Å². The summed E-state index contributed by atoms with van der Waals surface area (Å²) in [5.41, 5.74) is 6.47. The molecule has 1 heterocycles. The third-order valence-corrected chi connectivity index (χ3v) is 7.10. The Morgan fingerprint density at radius 3 is 1.75 bits per heavy atom. The zero-order valence-corrected chi connectivity index (χ0v) is 21.3. The first-order valence-corrected chi connectivity index (χ1v) is 12.8. The number of hydrogen-bond acceptors (Lipinski definition) is 6. The van der Waals surface area contributed by atoms with Gasteiger partial charge in [-0.05, 0) is 45.5 Å². The number of carbonyl (C=O) groups is 4. The highest BCUT2D eigenvalue weighted by Crippen LogP contribution is 2.44. The summed E-state index contributed by atoms with van der Waals surface area (Å²) in [6.45, 7) is 0.477. The van der Waals surface area contributed by atoms with Crippen LogP contribution in [0, 0.1) is 0 Å². The minimum Gasteiger partial charge on any atom is -0.449 e. The van der Waals surface area contributed by atoms with E-state index in [0.29, 0.717) is 10.6 Å². The van der Waals surface area contributed by atoms with Crippen molar-refractivity contribution in [2.75, 3.05) is 6.61 Å². The Bertz CT molecular complexity index is 1560. The third-order valence-electron chi connectivity index (χ3n) is 7.10. The van der Waals surface area contributed by atoms with Gasteiger partial charge in [-0.1, -0.05) is 90.0 Å². The number of fused-ring (bicyclic) bond motifs is 4. The van der Waals surface area contributed by atoms with Gasteiger partial charge >= 0.3 is 12.1 Å². The molecule has 0 unspecified atom stereocenters. The number of carbonyl (C=O) groups excluding carboxylic acids is 4. The predicted octanol–water partition coefficient (Wildman–Crippen LogP) is 5.02. The maximum absolute atomic E-state index is 12.5. The van der Waals surface area contributed by atoms with E-state index in [1.807, 2.05) is 24.3 Å². The van der Waals surface area contributed by atoms with Gasteiger partial charge in [0, 0.05) is 12.5 Å². The predicted molar refractivity (Wildman–Crippen MR) is 145 cm³/mol. The second kappa shape index (κ2) is 10.5. The van der Waals surface area contributed by atoms with E-state index in [1.54, 1.807) is 36.4 Å². The van der Waals surface area contributed by atoms with E-state index in [2.05, 4.69) is 29.6 Å². The molecule has 1 N–H and O–H groups in total. The third kappa shape index (κ3) is 4.71. The fraction of sp³-hybridized carbons (Fsp3) is 0.125. The smallest absolute Gasteiger partial charge is 0.407 e. The molecule has 4 aromatic carbocycles. The largest absolute Gasteiger partial charge is 0.449 e. The van der Waals surface area contributed by atoms with Crippen LogP contribution in [-0.2, 0) is 27.3 Å². The Balaban J connectivity index is 0.991. The van der Waals surface area contributed by atoms with Crippen molar-refractivity contribution in [3.05, 3.63) is 130 Å². The topological polar surface area (TPSA) is 102 Å². The van der Waals surface area contributed by atoms with Crippen molar-refractivity contribution >= 4 is 23.9 Å². The molecule has 0 saturated heterocycles. The van der Waals surface area contributed by atoms with Crippen molar-refractivity contribution < 1.29 is 28.8 Å². The summed E-state index contributed by atoms with van der Waals surface area (Å²) in [5, 5.41) is 3.26. The number of amides is 3. The highest BCUT2D eigenvalue weighted by Gasteiger charge is 2.38. The van der Waals surface area contributed by atoms with E-state index in [0.717, 1.165) is 16.7 Å². The zero-order valence-electron chi connectivity index (χ0n) is 21.3. The number of imide groups is 1. The zero-order chi connectivity index (χ0) is 27.6. The number of ether oxygens (including phenoxy) is 1. The molecular formula is C32H24N2O6. The average Bonchev–Trinajstić information content (AvgIpc) is 3.43. The molecule has 198 valence electrons. The molecule has 4 aromatic rings. The van der Waals surface area contributed by atoms with Gasteiger partial charge in [-0.3, -0.25) is 9.59 Å². The van der Waals surface area contributed by atoms with Gasteiger partial charge in [0.15, 0.2) is 0 Å². The molecule has 2 aliphatic rings. The van der Waals surface area contributed by atoms with Crippen LogP contribution in [0.25, 0.3) is 11.1 Å². The monoisotopic (exact) mass is 532 g/mol. The lowest BCUT2D eigenvalue weighted by Gasteiger charge is -2.15. The Morgan fingerprint density at radius 1 is 0.675 bits per heavy atom. The van der Waals surface area contributed by atoms with Gasteiger partial charge in [-0.15, -0.1) is 0 Å². The van der Waals surface area contributed by atoms with E-state index in [9.17, 15) is 19.2 Å². The van der Waals surface area contributed by atoms with E-state index < -0.39 is 23.9 Å². The number of hydrogen-bond donors (Lipinski definition) is 1. The molecule has 0 fully saturated rings. The van der Waals surface area contributed by atoms with Crippen LogP contribution in [0.5, 0.6) is 0 Å². The SMILES string of the molecule is O=C(Cc1ccc(CNC(=O)OCC2c3ccccc3-c3ccccc32)cc1)ON1C(=O)c2ccccc2C1=O. The molecule has 3 amide bonds. The fourth-order valence-corrected chi connectivity index (χ4v) is 5.15. The number of alkyl carbamates (subject to hydrolysis) is 1. The Labute approximate surface area is 230 Å². The number of nitrogens with zero attached hydrogens (tertiary/aromatic N) is 1. The van der Waals surface area contributed by atoms with Gasteiger partial charge in [0.2, 0.25) is 0 Å². The van der Waals surface area contributed by atoms with Gasteiger partial charge in [0.05, 0.1) is 17.5 Å². The molecule has 8 heteroatoms. The number of rotatable bonds is 7. The van der Waals surface area contributed by atoms with Crippen LogP contribution in [0.2, 0.25) is 0 Å². The molecule has 40 heavy (non-hydrogen) atoms. The lowest BCUT2D eigenvalue weighted by Crippen LogP contribution is -2.33. The molecule has 1 aliphatic heterocycles. The van der Waals surface area contributed by atoms with Crippen LogP contribution in [-0.4, -0.2) is 35.5 Å². The number of hydroxylamine groups is 2. The summed E-state index contributed by atoms with van der Waals surface area (Å²) < 4.78 is 5.57. The van der Waals surface area contributed by atoms with E-state index in [4.69, 9.17) is 9.57 Å². The first-order valence-electron chi connectivity index (χ1n) is 12.8. The second-order valence-corrected chi connectivity index (χ2v) is 9.59. The first kappa shape index (κ1) is 25.1. The Morgan fingerprint density at radius 2 is 1.18 bits per heavy atom. The molecule has 0 bridgehead atoms. The van der Waals surface area contributed by atoms with Gasteiger partial charge < -0.3 is 14.9 Å². The van der Waals surface area contributed by atoms with Crippen molar-refractivity contribution in [3.63, 3.8) is 0 Å². The molecule has 8 nitrogen and oxygen atoms in total. The van der Waals surface area contributed by atoms with Crippen LogP contribution in [0.4, 0.5) is 4.79 Å². The van der Waals surface area contributed by atoms with Crippen molar-refractivity contribution in [1.29, 1.82) is 0 Å². The van der Waals surface area contributed by atoms with E-state index >= 15 is 0 Å². The lowest BCUT2D eigenvalue weighted by atomic mass is 9.98. The summed E-state index contributed by atoms with van der Waals surface area (Å²) in [6, 6.07) is 29.6. The molecule has 0 radical (unpaired) electrons. The van der Waals surface area contributed by atoms with Gasteiger partial charge in [0.1, 0.15) is 6.61 Å². The van der Waals surface area contributed by atoms with Gasteiger partial charge in [-0.25, -0.2) is 9.59 Å². The minimum atomic E-state index is -0.737. The van der Waals surface area contributed by atoms with Crippen LogP contribution in [0.15, 0.2) is 97.1 Å². The quantitative estimate of drug-likeness (QED) is 0.335. The van der Waals surface area contributed by atoms with E-state index in [1.165, 1.54) is 23.3 Å². The lowest BCUT2D eigenvalue weighted by molar-refractivity contribution is -0.167. The maximum atomic E-state index is 12.5. The average molecular weight is 533 g/mol. The molecule has 6 rings (SSSR count). The highest BCUT2D eigenvalue weighted by molar-refractivity contribution is 6.20. The standard InChI is InChI=1S/C32H24N2O6/c35-29(40-34-30(36)26-11-5-6-12-27(26)31(34)37)17-20-13-15-21(16-14-20)18-33-32(38)39-19-28-24-9-3-1-7-22(24)23-8-2-4-10-25(23)28/h1-16,28H,17-19H2,(H,33,38). The van der Waals surface area contributed by atoms with Crippen LogP contribution < -0.4 is 5.32 Å². The second-order valence-electron chi connectivity index (χ2n) is 9.59. The number of nitrogens with one attached hydrogen (secondary N) is 1. The molecule has 0 spiro atoms. The van der Waals surface area contributed by atoms with Crippen LogP contribution in [0.1, 0.15) is 48.9 Å². The molecule has 0 atom stereocenters. The molecule has 0 saturated carbocycles. The minimum absolute atomic E-state index is 0.0162. The first-order chi connectivity index (χ1) is 19.5. The van der Waals surface area contributed by atoms with Crippen molar-refractivity contribution in [2.45, 2.75) is 18.9 Å². The number of benzene rings is 4. The summed E-state index contributed by atoms with van der Waals surface area (Å²) in [6.07, 6.45) is -0.650. The fourth-order valence-electron chi connectivity index (χ4n) is 5.15. The summed E-state index contributed by atoms with van der Waals surface area (Å²) in [7, 11) is 0. The molecule has 0 aromatic heterocycles. The highest BCUT2D eigenvalue weighted by atomic mass is 16.7. The molecule has 1 aliphatic carbocycles. The normalized spacial score (nSPS) is 13.4. The Hall–Kier alpha value is -5.24. The van der Waals surface area contributed by atoms with E-state index in [-0.39, 0.29) is 36.6 Å². The van der Waals surface area contributed by atoms with Crippen molar-refractivity contribution in [1.82, 2.24) is 10.4 Å². The summed E-state index contributed by atoms with van der Waals surface area (Å²) in [5.74, 6) is -2.08. The summed E-state index contributed by atoms with van der Waals surface area (Å²) >= 11 is 0. The van der Waals surface area contributed by atoms with Gasteiger partial charge in [0.25, 0.3) is 11.8 Å². The van der Waals surface area contributed by atoms with Gasteiger partial charge in [-0.2, -0.15) is 0 Å². The molecular weight excluding hydrogens is 508 g/mol. The summed E-state index contributed by atoms with van der Waals surface area (Å²) in [4.78, 5) is 54.7.